The molecule has 1 saturated heterocycles. The highest BCUT2D eigenvalue weighted by Gasteiger charge is 2.23. The van der Waals surface area contributed by atoms with Gasteiger partial charge in [0.15, 0.2) is 0 Å². The second-order valence-corrected chi connectivity index (χ2v) is 7.92. The fourth-order valence-corrected chi connectivity index (χ4v) is 3.32. The average molecular weight is 387 g/mol. The van der Waals surface area contributed by atoms with Gasteiger partial charge in [-0.15, -0.1) is 0 Å². The molecular formula is C22H34N4O2. The molecule has 3 rings (SSSR count). The van der Waals surface area contributed by atoms with Gasteiger partial charge in [-0.3, -0.25) is 4.98 Å². The van der Waals surface area contributed by atoms with Crippen molar-refractivity contribution < 1.29 is 9.53 Å². The molecule has 0 bridgehead atoms. The maximum Gasteiger partial charge on any atom is 0.407 e. The lowest BCUT2D eigenvalue weighted by Gasteiger charge is -2.34. The number of nitrogens with one attached hydrogen (secondary N) is 1. The van der Waals surface area contributed by atoms with E-state index in [1.54, 1.807) is 6.20 Å². The van der Waals surface area contributed by atoms with Gasteiger partial charge in [0, 0.05) is 31.2 Å². The number of piperidine rings is 1. The Kier molecular flexibility index (Phi) is 7.49. The number of nitrogens with zero attached hydrogens (tertiary/aromatic N) is 2. The number of nitrogens with two attached hydrogens (primary N) is 1. The number of carbonyl (C=O) groups is 1. The van der Waals surface area contributed by atoms with Gasteiger partial charge in [-0.2, -0.15) is 0 Å². The molecule has 1 amide bonds. The van der Waals surface area contributed by atoms with Gasteiger partial charge in [0.1, 0.15) is 5.60 Å². The van der Waals surface area contributed by atoms with E-state index in [0.717, 1.165) is 48.2 Å². The third kappa shape index (κ3) is 6.01. The summed E-state index contributed by atoms with van der Waals surface area (Å²) in [5.74, 6) is 0.457. The van der Waals surface area contributed by atoms with Crippen LogP contribution in [0.1, 0.15) is 47.5 Å². The zero-order valence-corrected chi connectivity index (χ0v) is 17.8. The second-order valence-electron chi connectivity index (χ2n) is 7.92. The van der Waals surface area contributed by atoms with E-state index in [-0.39, 0.29) is 6.09 Å². The van der Waals surface area contributed by atoms with Gasteiger partial charge in [-0.05, 0) is 57.7 Å². The molecule has 2 heterocycles. The number of nitrogen functional groups attached to an aromatic ring is 1. The number of hydrogen-bond acceptors (Lipinski definition) is 5. The van der Waals surface area contributed by atoms with Crippen molar-refractivity contribution >= 4 is 28.4 Å². The van der Waals surface area contributed by atoms with Crippen molar-refractivity contribution in [3.8, 4) is 0 Å². The number of pyridine rings is 1. The predicted octanol–water partition coefficient (Wildman–Crippen LogP) is 4.58. The van der Waals surface area contributed by atoms with Crippen LogP contribution in [0.25, 0.3) is 10.9 Å². The highest BCUT2D eigenvalue weighted by atomic mass is 16.6. The third-order valence-corrected chi connectivity index (χ3v) is 4.64. The van der Waals surface area contributed by atoms with E-state index in [9.17, 15) is 4.79 Å². The Morgan fingerprint density at radius 1 is 1.29 bits per heavy atom. The minimum atomic E-state index is -0.463. The first kappa shape index (κ1) is 21.8. The van der Waals surface area contributed by atoms with Gasteiger partial charge in [-0.25, -0.2) is 4.79 Å². The molecule has 0 spiro atoms. The summed E-state index contributed by atoms with van der Waals surface area (Å²) in [5, 5.41) is 3.95. The molecule has 0 saturated carbocycles. The third-order valence-electron chi connectivity index (χ3n) is 4.64. The molecule has 154 valence electrons. The summed E-state index contributed by atoms with van der Waals surface area (Å²) in [6.07, 6.45) is 3.48. The van der Waals surface area contributed by atoms with Crippen molar-refractivity contribution in [2.45, 2.75) is 53.1 Å². The Morgan fingerprint density at radius 2 is 1.96 bits per heavy atom. The van der Waals surface area contributed by atoms with Crippen molar-refractivity contribution in [2.75, 3.05) is 30.3 Å². The van der Waals surface area contributed by atoms with E-state index in [0.29, 0.717) is 12.5 Å². The maximum absolute atomic E-state index is 11.8. The Balaban J connectivity index is 0.00000136. The van der Waals surface area contributed by atoms with Gasteiger partial charge in [0.05, 0.1) is 16.9 Å². The van der Waals surface area contributed by atoms with Crippen molar-refractivity contribution in [1.29, 1.82) is 0 Å². The molecule has 0 radical (unpaired) electrons. The number of amides is 1. The van der Waals surface area contributed by atoms with E-state index in [1.807, 2.05) is 52.8 Å². The first-order valence-electron chi connectivity index (χ1n) is 10.2. The van der Waals surface area contributed by atoms with Crippen molar-refractivity contribution in [1.82, 2.24) is 10.3 Å². The molecule has 3 N–H and O–H groups in total. The summed E-state index contributed by atoms with van der Waals surface area (Å²) in [6, 6.07) is 8.01. The lowest BCUT2D eigenvalue weighted by molar-refractivity contribution is 0.0517. The van der Waals surface area contributed by atoms with Gasteiger partial charge < -0.3 is 20.7 Å². The monoisotopic (exact) mass is 386 g/mol. The molecule has 1 aliphatic rings. The maximum atomic E-state index is 11.8. The summed E-state index contributed by atoms with van der Waals surface area (Å²) >= 11 is 0. The van der Waals surface area contributed by atoms with Crippen molar-refractivity contribution in [3.63, 3.8) is 0 Å². The highest BCUT2D eigenvalue weighted by Crippen LogP contribution is 2.31. The molecule has 0 atom stereocenters. The lowest BCUT2D eigenvalue weighted by atomic mass is 9.96. The molecular weight excluding hydrogens is 352 g/mol. The van der Waals surface area contributed by atoms with Crippen molar-refractivity contribution in [3.05, 3.63) is 30.5 Å². The van der Waals surface area contributed by atoms with Gasteiger partial charge in [0.2, 0.25) is 0 Å². The molecule has 0 aliphatic carbocycles. The Hall–Kier alpha value is -2.50. The molecule has 6 nitrogen and oxygen atoms in total. The van der Waals surface area contributed by atoms with Gasteiger partial charge >= 0.3 is 6.09 Å². The Bertz CT molecular complexity index is 778. The molecule has 1 aromatic carbocycles. The van der Waals surface area contributed by atoms with E-state index < -0.39 is 5.60 Å². The molecule has 0 unspecified atom stereocenters. The Morgan fingerprint density at radius 3 is 2.61 bits per heavy atom. The van der Waals surface area contributed by atoms with E-state index in [4.69, 9.17) is 10.5 Å². The molecule has 1 aromatic heterocycles. The van der Waals surface area contributed by atoms with Crippen LogP contribution < -0.4 is 16.0 Å². The second kappa shape index (κ2) is 9.62. The number of carbonyl (C=O) groups excluding carboxylic acids is 1. The first-order valence-corrected chi connectivity index (χ1v) is 10.2. The van der Waals surface area contributed by atoms with Crippen LogP contribution in [-0.4, -0.2) is 36.3 Å². The minimum absolute atomic E-state index is 0.343. The predicted molar refractivity (Wildman–Crippen MR) is 117 cm³/mol. The van der Waals surface area contributed by atoms with Crippen molar-refractivity contribution in [2.24, 2.45) is 5.92 Å². The van der Waals surface area contributed by atoms with Crippen LogP contribution in [0.3, 0.4) is 0 Å². The number of fused-ring (bicyclic) bond motifs is 1. The van der Waals surface area contributed by atoms with Crippen LogP contribution >= 0.6 is 0 Å². The SMILES string of the molecule is CC.CC(C)(C)OC(=O)NCC1CCN(c2cc3ncccc3cc2N)CC1. The summed E-state index contributed by atoms with van der Waals surface area (Å²) in [7, 11) is 0. The first-order chi connectivity index (χ1) is 13.3. The summed E-state index contributed by atoms with van der Waals surface area (Å²) in [4.78, 5) is 18.5. The average Bonchev–Trinajstić information content (AvgIpc) is 2.66. The van der Waals surface area contributed by atoms with Crippen LogP contribution in [0.4, 0.5) is 16.2 Å². The summed E-state index contributed by atoms with van der Waals surface area (Å²) in [5.41, 5.74) is 8.60. The molecule has 1 fully saturated rings. The van der Waals surface area contributed by atoms with Gasteiger partial charge in [-0.1, -0.05) is 19.9 Å². The number of alkyl carbamates (subject to hydrolysis) is 1. The topological polar surface area (TPSA) is 80.5 Å². The van der Waals surface area contributed by atoms with Crippen LogP contribution in [0.2, 0.25) is 0 Å². The smallest absolute Gasteiger partial charge is 0.407 e. The normalized spacial score (nSPS) is 15.0. The minimum Gasteiger partial charge on any atom is -0.444 e. The lowest BCUT2D eigenvalue weighted by Crippen LogP contribution is -2.40. The van der Waals surface area contributed by atoms with Crippen LogP contribution in [0.5, 0.6) is 0 Å². The van der Waals surface area contributed by atoms with E-state index >= 15 is 0 Å². The zero-order valence-electron chi connectivity index (χ0n) is 17.8. The number of aromatic nitrogens is 1. The number of benzene rings is 1. The molecule has 1 aliphatic heterocycles. The number of anilines is 2. The molecule has 28 heavy (non-hydrogen) atoms. The number of hydrogen-bond donors (Lipinski definition) is 2. The number of ether oxygens (including phenoxy) is 1. The quantitative estimate of drug-likeness (QED) is 0.755. The molecule has 2 aromatic rings. The van der Waals surface area contributed by atoms with Gasteiger partial charge in [0.25, 0.3) is 0 Å². The largest absolute Gasteiger partial charge is 0.444 e. The summed E-state index contributed by atoms with van der Waals surface area (Å²) < 4.78 is 5.29. The zero-order chi connectivity index (χ0) is 20.7. The van der Waals surface area contributed by atoms with E-state index in [2.05, 4.69) is 21.3 Å². The standard InChI is InChI=1S/C20H28N4O2.C2H6/c1-20(2,3)26-19(25)23-13-14-6-9-24(10-7-14)18-12-17-15(11-16(18)21)5-4-8-22-17;1-2/h4-5,8,11-12,14H,6-7,9-10,13,21H2,1-3H3,(H,23,25);1-2H3. The molecule has 6 heteroatoms. The van der Waals surface area contributed by atoms with Crippen LogP contribution in [-0.2, 0) is 4.74 Å². The summed E-state index contributed by atoms with van der Waals surface area (Å²) in [6.45, 7) is 12.1. The van der Waals surface area contributed by atoms with Crippen LogP contribution in [0, 0.1) is 5.92 Å². The fourth-order valence-electron chi connectivity index (χ4n) is 3.32. The highest BCUT2D eigenvalue weighted by molar-refractivity contribution is 5.89. The van der Waals surface area contributed by atoms with Crippen LogP contribution in [0.15, 0.2) is 30.5 Å². The van der Waals surface area contributed by atoms with E-state index in [1.165, 1.54) is 0 Å². The Labute approximate surface area is 168 Å². The fraction of sp³-hybridized carbons (Fsp3) is 0.545. The number of rotatable bonds is 3.